The number of carbonyl (C=O) groups is 1. The van der Waals surface area contributed by atoms with Gasteiger partial charge in [0, 0.05) is 31.0 Å². The van der Waals surface area contributed by atoms with Crippen LogP contribution in [0.1, 0.15) is 36.6 Å². The van der Waals surface area contributed by atoms with E-state index in [1.807, 2.05) is 37.3 Å². The van der Waals surface area contributed by atoms with Crippen LogP contribution in [-0.2, 0) is 21.2 Å². The minimum absolute atomic E-state index is 0.0114. The van der Waals surface area contributed by atoms with Gasteiger partial charge in [-0.2, -0.15) is 4.72 Å². The Balaban J connectivity index is 1.70. The van der Waals surface area contributed by atoms with E-state index in [9.17, 15) is 13.2 Å². The van der Waals surface area contributed by atoms with Crippen molar-refractivity contribution in [2.75, 3.05) is 4.90 Å². The van der Waals surface area contributed by atoms with Gasteiger partial charge in [-0.1, -0.05) is 30.3 Å². The van der Waals surface area contributed by atoms with Crippen LogP contribution in [-0.4, -0.2) is 25.4 Å². The van der Waals surface area contributed by atoms with E-state index < -0.39 is 16.1 Å². The second kappa shape index (κ2) is 8.01. The zero-order valence-electron chi connectivity index (χ0n) is 16.8. The van der Waals surface area contributed by atoms with Gasteiger partial charge in [0.05, 0.1) is 10.9 Å². The maximum Gasteiger partial charge on any atom is 0.241 e. The Labute approximate surface area is 176 Å². The molecule has 0 saturated carbocycles. The van der Waals surface area contributed by atoms with Crippen molar-refractivity contribution in [2.24, 2.45) is 0 Å². The Bertz CT molecular complexity index is 1130. The lowest BCUT2D eigenvalue weighted by Crippen LogP contribution is -2.33. The second-order valence-electron chi connectivity index (χ2n) is 7.48. The Kier molecular flexibility index (Phi) is 5.40. The van der Waals surface area contributed by atoms with Crippen LogP contribution in [0.4, 0.5) is 5.69 Å². The van der Waals surface area contributed by atoms with Crippen LogP contribution >= 0.6 is 0 Å². The van der Waals surface area contributed by atoms with Crippen molar-refractivity contribution in [1.82, 2.24) is 9.71 Å². The van der Waals surface area contributed by atoms with Crippen LogP contribution < -0.4 is 9.62 Å². The number of amides is 1. The predicted molar refractivity (Wildman–Crippen MR) is 116 cm³/mol. The van der Waals surface area contributed by atoms with Crippen molar-refractivity contribution < 1.29 is 13.2 Å². The van der Waals surface area contributed by atoms with Crippen LogP contribution in [0.5, 0.6) is 0 Å². The quantitative estimate of drug-likeness (QED) is 0.684. The molecule has 0 aliphatic carbocycles. The molecule has 1 aliphatic heterocycles. The molecule has 2 atom stereocenters. The minimum atomic E-state index is -3.81. The van der Waals surface area contributed by atoms with Gasteiger partial charge in [0.1, 0.15) is 0 Å². The first-order valence-electron chi connectivity index (χ1n) is 9.77. The first-order valence-corrected chi connectivity index (χ1v) is 11.2. The van der Waals surface area contributed by atoms with E-state index in [-0.39, 0.29) is 16.8 Å². The lowest BCUT2D eigenvalue weighted by molar-refractivity contribution is -0.116. The molecule has 0 saturated heterocycles. The van der Waals surface area contributed by atoms with Gasteiger partial charge in [-0.15, -0.1) is 0 Å². The number of pyridine rings is 1. The number of benzene rings is 2. The van der Waals surface area contributed by atoms with Crippen LogP contribution in [0.3, 0.4) is 0 Å². The molecule has 1 N–H and O–H groups in total. The molecule has 1 amide bonds. The number of nitrogens with zero attached hydrogens (tertiary/aromatic N) is 2. The molecule has 0 radical (unpaired) electrons. The SMILES string of the molecule is CC(=O)N1c2ccc(S(=O)(=O)NC(c3ccccc3)c3ccncc3)cc2CC1C. The van der Waals surface area contributed by atoms with E-state index in [1.54, 1.807) is 47.6 Å². The van der Waals surface area contributed by atoms with Crippen LogP contribution in [0.25, 0.3) is 0 Å². The summed E-state index contributed by atoms with van der Waals surface area (Å²) in [6, 6.07) is 17.5. The van der Waals surface area contributed by atoms with Gasteiger partial charge < -0.3 is 4.90 Å². The average Bonchev–Trinajstić information content (AvgIpc) is 3.08. The maximum absolute atomic E-state index is 13.3. The lowest BCUT2D eigenvalue weighted by atomic mass is 10.0. The molecule has 0 spiro atoms. The van der Waals surface area contributed by atoms with E-state index >= 15 is 0 Å². The fraction of sp³-hybridized carbons (Fsp3) is 0.217. The summed E-state index contributed by atoms with van der Waals surface area (Å²) in [6.07, 6.45) is 3.92. The van der Waals surface area contributed by atoms with Crippen molar-refractivity contribution in [2.45, 2.75) is 37.2 Å². The summed E-state index contributed by atoms with van der Waals surface area (Å²) in [6.45, 7) is 3.49. The Morgan fingerprint density at radius 2 is 1.73 bits per heavy atom. The standard InChI is InChI=1S/C23H23N3O3S/c1-16-14-20-15-21(8-9-22(20)26(16)17(2)27)30(28,29)25-23(18-6-4-3-5-7-18)19-10-12-24-13-11-19/h3-13,15-16,23,25H,14H2,1-2H3. The third kappa shape index (κ3) is 3.86. The van der Waals surface area contributed by atoms with E-state index in [1.165, 1.54) is 6.92 Å². The summed E-state index contributed by atoms with van der Waals surface area (Å²) in [4.78, 5) is 17.9. The zero-order valence-corrected chi connectivity index (χ0v) is 17.6. The van der Waals surface area contributed by atoms with Gasteiger partial charge in [0.25, 0.3) is 0 Å². The normalized spacial score (nSPS) is 16.9. The number of carbonyl (C=O) groups excluding carboxylic acids is 1. The van der Waals surface area contributed by atoms with Crippen LogP contribution in [0, 0.1) is 0 Å². The molecule has 7 heteroatoms. The molecule has 0 bridgehead atoms. The van der Waals surface area contributed by atoms with E-state index in [4.69, 9.17) is 0 Å². The molecule has 6 nitrogen and oxygen atoms in total. The van der Waals surface area contributed by atoms with Gasteiger partial charge >= 0.3 is 0 Å². The highest BCUT2D eigenvalue weighted by Gasteiger charge is 2.31. The van der Waals surface area contributed by atoms with Crippen molar-refractivity contribution in [3.05, 3.63) is 89.7 Å². The number of anilines is 1. The van der Waals surface area contributed by atoms with E-state index in [0.717, 1.165) is 22.4 Å². The van der Waals surface area contributed by atoms with Crippen LogP contribution in [0.15, 0.2) is 78.0 Å². The van der Waals surface area contributed by atoms with Gasteiger partial charge in [0.15, 0.2) is 0 Å². The number of rotatable bonds is 5. The molecular weight excluding hydrogens is 398 g/mol. The summed E-state index contributed by atoms with van der Waals surface area (Å²) in [5.74, 6) is -0.0446. The first kappa shape index (κ1) is 20.3. The summed E-state index contributed by atoms with van der Waals surface area (Å²) in [5.41, 5.74) is 3.28. The van der Waals surface area contributed by atoms with Gasteiger partial charge in [-0.25, -0.2) is 8.42 Å². The molecule has 1 aliphatic rings. The highest BCUT2D eigenvalue weighted by atomic mass is 32.2. The van der Waals surface area contributed by atoms with Gasteiger partial charge in [0.2, 0.25) is 15.9 Å². The molecule has 154 valence electrons. The minimum Gasteiger partial charge on any atom is -0.309 e. The van der Waals surface area contributed by atoms with Crippen molar-refractivity contribution in [3.63, 3.8) is 0 Å². The third-order valence-corrected chi connectivity index (χ3v) is 6.78. The molecule has 30 heavy (non-hydrogen) atoms. The highest BCUT2D eigenvalue weighted by Crippen LogP contribution is 2.34. The third-order valence-electron chi connectivity index (χ3n) is 5.36. The second-order valence-corrected chi connectivity index (χ2v) is 9.19. The number of nitrogens with one attached hydrogen (secondary N) is 1. The summed E-state index contributed by atoms with van der Waals surface area (Å²) in [5, 5.41) is 0. The largest absolute Gasteiger partial charge is 0.309 e. The first-order chi connectivity index (χ1) is 14.4. The summed E-state index contributed by atoms with van der Waals surface area (Å²) >= 11 is 0. The molecule has 3 aromatic rings. The predicted octanol–water partition coefficient (Wildman–Crippen LogP) is 3.45. The fourth-order valence-electron chi connectivity index (χ4n) is 4.01. The van der Waals surface area contributed by atoms with Gasteiger partial charge in [-0.3, -0.25) is 9.78 Å². The Morgan fingerprint density at radius 1 is 1.07 bits per heavy atom. The molecule has 0 fully saturated rings. The summed E-state index contributed by atoms with van der Waals surface area (Å²) in [7, 11) is -3.81. The molecular formula is C23H23N3O3S. The maximum atomic E-state index is 13.3. The Morgan fingerprint density at radius 3 is 2.40 bits per heavy atom. The lowest BCUT2D eigenvalue weighted by Gasteiger charge is -2.21. The van der Waals surface area contributed by atoms with E-state index in [0.29, 0.717) is 6.42 Å². The number of hydrogen-bond acceptors (Lipinski definition) is 4. The smallest absolute Gasteiger partial charge is 0.241 e. The zero-order chi connectivity index (χ0) is 21.3. The van der Waals surface area contributed by atoms with Crippen LogP contribution in [0.2, 0.25) is 0 Å². The van der Waals surface area contributed by atoms with Gasteiger partial charge in [-0.05, 0) is 60.4 Å². The van der Waals surface area contributed by atoms with E-state index in [2.05, 4.69) is 9.71 Å². The topological polar surface area (TPSA) is 79.4 Å². The monoisotopic (exact) mass is 421 g/mol. The molecule has 1 aromatic heterocycles. The number of sulfonamides is 1. The fourth-order valence-corrected chi connectivity index (χ4v) is 5.27. The molecule has 2 aromatic carbocycles. The number of fused-ring (bicyclic) bond motifs is 1. The number of aromatic nitrogens is 1. The van der Waals surface area contributed by atoms with Crippen molar-refractivity contribution in [3.8, 4) is 0 Å². The molecule has 4 rings (SSSR count). The average molecular weight is 422 g/mol. The Hall–Kier alpha value is -3.03. The number of hydrogen-bond donors (Lipinski definition) is 1. The molecule has 2 unspecified atom stereocenters. The van der Waals surface area contributed by atoms with Crippen molar-refractivity contribution >= 4 is 21.6 Å². The van der Waals surface area contributed by atoms with Crippen molar-refractivity contribution in [1.29, 1.82) is 0 Å². The highest BCUT2D eigenvalue weighted by molar-refractivity contribution is 7.89. The summed E-state index contributed by atoms with van der Waals surface area (Å²) < 4.78 is 29.4. The molecule has 2 heterocycles.